The predicted octanol–water partition coefficient (Wildman–Crippen LogP) is 0.909. The van der Waals surface area contributed by atoms with Crippen LogP contribution in [-0.2, 0) is 22.9 Å². The summed E-state index contributed by atoms with van der Waals surface area (Å²) in [5.41, 5.74) is 3.13. The average molecular weight is 241 g/mol. The molecular weight excluding hydrogens is 226 g/mol. The molecule has 0 atom stereocenters. The molecule has 0 spiro atoms. The molecule has 1 aliphatic rings. The second-order valence-corrected chi connectivity index (χ2v) is 5.82. The van der Waals surface area contributed by atoms with Crippen molar-refractivity contribution in [2.24, 2.45) is 0 Å². The zero-order valence-electron chi connectivity index (χ0n) is 8.94. The van der Waals surface area contributed by atoms with Gasteiger partial charge in [-0.1, -0.05) is 6.07 Å². The maximum atomic E-state index is 11.4. The van der Waals surface area contributed by atoms with Crippen LogP contribution in [0.1, 0.15) is 17.5 Å². The highest BCUT2D eigenvalue weighted by molar-refractivity contribution is 7.92. The fraction of sp³-hybridized carbons (Fsp3) is 0.455. The highest BCUT2D eigenvalue weighted by Crippen LogP contribution is 2.25. The smallest absolute Gasteiger partial charge is 0.234 e. The van der Waals surface area contributed by atoms with Crippen LogP contribution in [0.3, 0.4) is 0 Å². The molecule has 4 nitrogen and oxygen atoms in total. The monoisotopic (exact) mass is 241 g/mol. The number of sulfonamides is 1. The summed E-state index contributed by atoms with van der Waals surface area (Å²) in [6, 6.07) is 5.63. The van der Waals surface area contributed by atoms with Crippen LogP contribution in [-0.4, -0.2) is 25.9 Å². The molecule has 16 heavy (non-hydrogen) atoms. The molecule has 0 radical (unpaired) electrons. The second kappa shape index (κ2) is 4.43. The highest BCUT2D eigenvalue weighted by Gasteiger charge is 2.13. The Balaban J connectivity index is 2.17. The molecule has 88 valence electrons. The molecule has 0 saturated heterocycles. The van der Waals surface area contributed by atoms with Gasteiger partial charge < -0.3 is 5.11 Å². The van der Waals surface area contributed by atoms with Crippen LogP contribution in [0.25, 0.3) is 0 Å². The van der Waals surface area contributed by atoms with Crippen molar-refractivity contribution in [1.82, 2.24) is 0 Å². The minimum atomic E-state index is -3.40. The van der Waals surface area contributed by atoms with Crippen LogP contribution < -0.4 is 4.72 Å². The van der Waals surface area contributed by atoms with Gasteiger partial charge in [-0.3, -0.25) is 4.72 Å². The Hall–Kier alpha value is -1.07. The fourth-order valence-electron chi connectivity index (χ4n) is 1.99. The number of fused-ring (bicyclic) bond motifs is 1. The molecular formula is C11H15NO3S. The summed E-state index contributed by atoms with van der Waals surface area (Å²) in [6.07, 6.45) is 3.24. The Morgan fingerprint density at radius 2 is 2.00 bits per heavy atom. The molecule has 0 unspecified atom stereocenters. The molecule has 1 aromatic rings. The van der Waals surface area contributed by atoms with Crippen molar-refractivity contribution in [3.8, 4) is 0 Å². The third-order valence-corrected chi connectivity index (χ3v) is 4.00. The van der Waals surface area contributed by atoms with E-state index in [1.807, 2.05) is 12.1 Å². The number of anilines is 1. The molecule has 0 aliphatic heterocycles. The first-order chi connectivity index (χ1) is 7.61. The van der Waals surface area contributed by atoms with Crippen molar-refractivity contribution in [1.29, 1.82) is 0 Å². The number of hydrogen-bond acceptors (Lipinski definition) is 3. The third-order valence-electron chi connectivity index (χ3n) is 2.73. The quantitative estimate of drug-likeness (QED) is 0.823. The Bertz CT molecular complexity index is 482. The number of aliphatic hydroxyl groups excluding tert-OH is 1. The largest absolute Gasteiger partial charge is 0.395 e. The summed E-state index contributed by atoms with van der Waals surface area (Å²) in [5, 5.41) is 8.62. The number of hydrogen-bond donors (Lipinski definition) is 2. The summed E-state index contributed by atoms with van der Waals surface area (Å²) in [6.45, 7) is -0.361. The molecule has 0 fully saturated rings. The highest BCUT2D eigenvalue weighted by atomic mass is 32.2. The van der Waals surface area contributed by atoms with E-state index in [2.05, 4.69) is 4.72 Å². The second-order valence-electron chi connectivity index (χ2n) is 3.98. The molecule has 5 heteroatoms. The van der Waals surface area contributed by atoms with Crippen LogP contribution in [0.2, 0.25) is 0 Å². The van der Waals surface area contributed by atoms with Crippen molar-refractivity contribution in [3.05, 3.63) is 29.3 Å². The summed E-state index contributed by atoms with van der Waals surface area (Å²) in [5.74, 6) is -0.260. The molecule has 1 aliphatic carbocycles. The van der Waals surface area contributed by atoms with Crippen LogP contribution in [0, 0.1) is 0 Å². The lowest BCUT2D eigenvalue weighted by Gasteiger charge is -2.08. The third kappa shape index (κ3) is 2.54. The number of rotatable bonds is 4. The fourth-order valence-corrected chi connectivity index (χ4v) is 2.81. The molecule has 0 heterocycles. The van der Waals surface area contributed by atoms with Crippen molar-refractivity contribution < 1.29 is 13.5 Å². The van der Waals surface area contributed by atoms with E-state index >= 15 is 0 Å². The Labute approximate surface area is 95.4 Å². The van der Waals surface area contributed by atoms with Crippen molar-refractivity contribution in [2.75, 3.05) is 17.1 Å². The lowest BCUT2D eigenvalue weighted by Crippen LogP contribution is -2.18. The topological polar surface area (TPSA) is 66.4 Å². The van der Waals surface area contributed by atoms with Crippen LogP contribution in [0.15, 0.2) is 18.2 Å². The van der Waals surface area contributed by atoms with Gasteiger partial charge in [-0.2, -0.15) is 0 Å². The standard InChI is InChI=1S/C11H15NO3S/c13-6-7-16(14,15)12-11-5-4-9-2-1-3-10(9)8-11/h4-5,8,12-13H,1-3,6-7H2. The molecule has 2 N–H and O–H groups in total. The maximum absolute atomic E-state index is 11.4. The average Bonchev–Trinajstić information content (AvgIpc) is 2.63. The van der Waals surface area contributed by atoms with Crippen LogP contribution in [0.4, 0.5) is 5.69 Å². The van der Waals surface area contributed by atoms with E-state index in [-0.39, 0.29) is 12.4 Å². The summed E-state index contributed by atoms with van der Waals surface area (Å²) >= 11 is 0. The van der Waals surface area contributed by atoms with E-state index in [0.29, 0.717) is 5.69 Å². The first-order valence-corrected chi connectivity index (χ1v) is 6.99. The van der Waals surface area contributed by atoms with E-state index < -0.39 is 10.0 Å². The van der Waals surface area contributed by atoms with Gasteiger partial charge in [0.1, 0.15) is 0 Å². The summed E-state index contributed by atoms with van der Waals surface area (Å²) in [7, 11) is -3.40. The van der Waals surface area contributed by atoms with Gasteiger partial charge in [0.05, 0.1) is 12.4 Å². The molecule has 0 amide bonds. The first kappa shape index (κ1) is 11.4. The van der Waals surface area contributed by atoms with Crippen molar-refractivity contribution in [3.63, 3.8) is 0 Å². The lowest BCUT2D eigenvalue weighted by atomic mass is 10.1. The van der Waals surface area contributed by atoms with Gasteiger partial charge in [-0.05, 0) is 42.5 Å². The van der Waals surface area contributed by atoms with E-state index in [1.165, 1.54) is 11.1 Å². The normalized spacial score (nSPS) is 14.8. The van der Waals surface area contributed by atoms with Gasteiger partial charge in [0.2, 0.25) is 10.0 Å². The number of aryl methyl sites for hydroxylation is 2. The lowest BCUT2D eigenvalue weighted by molar-refractivity contribution is 0.320. The van der Waals surface area contributed by atoms with Gasteiger partial charge in [-0.25, -0.2) is 8.42 Å². The molecule has 2 rings (SSSR count). The van der Waals surface area contributed by atoms with Gasteiger partial charge >= 0.3 is 0 Å². The minimum Gasteiger partial charge on any atom is -0.395 e. The van der Waals surface area contributed by atoms with E-state index in [0.717, 1.165) is 19.3 Å². The number of nitrogens with one attached hydrogen (secondary N) is 1. The molecule has 0 bridgehead atoms. The molecule has 1 aromatic carbocycles. The van der Waals surface area contributed by atoms with E-state index in [1.54, 1.807) is 6.07 Å². The van der Waals surface area contributed by atoms with Gasteiger partial charge in [0, 0.05) is 5.69 Å². The summed E-state index contributed by atoms with van der Waals surface area (Å²) in [4.78, 5) is 0. The number of aliphatic hydroxyl groups is 1. The molecule has 0 saturated carbocycles. The summed E-state index contributed by atoms with van der Waals surface area (Å²) < 4.78 is 25.3. The predicted molar refractivity (Wildman–Crippen MR) is 63.0 cm³/mol. The maximum Gasteiger partial charge on any atom is 0.234 e. The van der Waals surface area contributed by atoms with Crippen molar-refractivity contribution >= 4 is 15.7 Å². The van der Waals surface area contributed by atoms with Gasteiger partial charge in [0.25, 0.3) is 0 Å². The van der Waals surface area contributed by atoms with Crippen LogP contribution in [0.5, 0.6) is 0 Å². The minimum absolute atomic E-state index is 0.260. The Morgan fingerprint density at radius 3 is 2.75 bits per heavy atom. The Kier molecular flexibility index (Phi) is 3.16. The SMILES string of the molecule is O=S(=O)(CCO)Nc1ccc2c(c1)CCC2. The Morgan fingerprint density at radius 1 is 1.25 bits per heavy atom. The van der Waals surface area contributed by atoms with Crippen molar-refractivity contribution in [2.45, 2.75) is 19.3 Å². The zero-order chi connectivity index (χ0) is 11.6. The zero-order valence-corrected chi connectivity index (χ0v) is 9.76. The number of benzene rings is 1. The van der Waals surface area contributed by atoms with Crippen LogP contribution >= 0.6 is 0 Å². The van der Waals surface area contributed by atoms with E-state index in [9.17, 15) is 8.42 Å². The van der Waals surface area contributed by atoms with Gasteiger partial charge in [0.15, 0.2) is 0 Å². The van der Waals surface area contributed by atoms with Gasteiger partial charge in [-0.15, -0.1) is 0 Å². The molecule has 0 aromatic heterocycles. The first-order valence-electron chi connectivity index (χ1n) is 5.34. The van der Waals surface area contributed by atoms with E-state index in [4.69, 9.17) is 5.11 Å².